The third-order valence-corrected chi connectivity index (χ3v) is 5.77. The molecule has 3 aliphatic rings. The molecule has 1 N–H and O–H groups in total. The van der Waals surface area contributed by atoms with E-state index in [0.29, 0.717) is 0 Å². The molecule has 0 aliphatic heterocycles. The molecule has 0 aromatic heterocycles. The largest absolute Gasteiger partial charge is 0.388 e. The van der Waals surface area contributed by atoms with Crippen LogP contribution in [0.5, 0.6) is 0 Å². The van der Waals surface area contributed by atoms with E-state index < -0.39 is 11.5 Å². The second kappa shape index (κ2) is 4.05. The number of ether oxygens (including phenoxy) is 1. The van der Waals surface area contributed by atoms with Gasteiger partial charge in [-0.15, -0.1) is 0 Å². The topological polar surface area (TPSA) is 46.5 Å². The van der Waals surface area contributed by atoms with Gasteiger partial charge >= 0.3 is 0 Å². The Hall–Kier alpha value is -0.930. The number of aliphatic hydroxyl groups is 1. The lowest BCUT2D eigenvalue weighted by Gasteiger charge is -2.38. The van der Waals surface area contributed by atoms with Crippen LogP contribution in [0, 0.1) is 16.7 Å². The zero-order chi connectivity index (χ0) is 14.9. The fourth-order valence-electron chi connectivity index (χ4n) is 4.56. The first-order chi connectivity index (χ1) is 9.32. The number of hydrogen-bond donors (Lipinski definition) is 1. The quantitative estimate of drug-likeness (QED) is 0.789. The van der Waals surface area contributed by atoms with Crippen LogP contribution in [0.4, 0.5) is 0 Å². The molecule has 0 bridgehead atoms. The molecule has 3 nitrogen and oxygen atoms in total. The minimum Gasteiger partial charge on any atom is -0.388 e. The van der Waals surface area contributed by atoms with Gasteiger partial charge in [-0.2, -0.15) is 0 Å². The predicted molar refractivity (Wildman–Crippen MR) is 77.2 cm³/mol. The molecule has 3 atom stereocenters. The van der Waals surface area contributed by atoms with E-state index in [2.05, 4.69) is 13.5 Å². The Bertz CT molecular complexity index is 522. The summed E-state index contributed by atoms with van der Waals surface area (Å²) in [5.74, 6) is -0.0831. The summed E-state index contributed by atoms with van der Waals surface area (Å²) in [6.45, 7) is 10.1. The highest BCUT2D eigenvalue weighted by Gasteiger charge is 2.64. The Labute approximate surface area is 120 Å². The van der Waals surface area contributed by atoms with E-state index in [9.17, 15) is 9.90 Å². The molecule has 3 aliphatic carbocycles. The van der Waals surface area contributed by atoms with Gasteiger partial charge in [0.2, 0.25) is 0 Å². The second-order valence-electron chi connectivity index (χ2n) is 7.03. The van der Waals surface area contributed by atoms with Gasteiger partial charge in [0.05, 0.1) is 17.6 Å². The van der Waals surface area contributed by atoms with Crippen molar-refractivity contribution >= 4 is 5.78 Å². The zero-order valence-electron chi connectivity index (χ0n) is 12.8. The summed E-state index contributed by atoms with van der Waals surface area (Å²) >= 11 is 0. The van der Waals surface area contributed by atoms with Crippen LogP contribution in [-0.2, 0) is 9.53 Å². The first kappa shape index (κ1) is 14.0. The molecule has 20 heavy (non-hydrogen) atoms. The molecule has 3 heteroatoms. The molecule has 0 aromatic rings. The van der Waals surface area contributed by atoms with E-state index in [-0.39, 0.29) is 23.2 Å². The van der Waals surface area contributed by atoms with Crippen molar-refractivity contribution in [3.8, 4) is 0 Å². The first-order valence-corrected chi connectivity index (χ1v) is 7.51. The molecule has 0 amide bonds. The van der Waals surface area contributed by atoms with Crippen LogP contribution in [0.1, 0.15) is 40.0 Å². The van der Waals surface area contributed by atoms with Gasteiger partial charge in [0.25, 0.3) is 0 Å². The fraction of sp³-hybridized carbons (Fsp3) is 0.706. The summed E-state index contributed by atoms with van der Waals surface area (Å²) in [6, 6.07) is 0. The lowest BCUT2D eigenvalue weighted by atomic mass is 9.69. The van der Waals surface area contributed by atoms with E-state index in [0.717, 1.165) is 30.4 Å². The maximum Gasteiger partial charge on any atom is 0.167 e. The zero-order valence-corrected chi connectivity index (χ0v) is 12.8. The maximum atomic E-state index is 12.9. The molecule has 3 rings (SSSR count). The molecular formula is C17H24O3. The van der Waals surface area contributed by atoms with Crippen molar-refractivity contribution < 1.29 is 14.6 Å². The summed E-state index contributed by atoms with van der Waals surface area (Å²) in [4.78, 5) is 12.9. The number of carbonyl (C=O) groups is 1. The van der Waals surface area contributed by atoms with E-state index in [1.165, 1.54) is 5.57 Å². The average Bonchev–Trinajstić information content (AvgIpc) is 3.16. The Kier molecular flexibility index (Phi) is 2.84. The highest BCUT2D eigenvalue weighted by molar-refractivity contribution is 6.05. The van der Waals surface area contributed by atoms with Crippen LogP contribution in [0.3, 0.4) is 0 Å². The van der Waals surface area contributed by atoms with Gasteiger partial charge in [-0.25, -0.2) is 0 Å². The van der Waals surface area contributed by atoms with E-state index in [1.54, 1.807) is 7.11 Å². The van der Waals surface area contributed by atoms with Crippen molar-refractivity contribution in [2.24, 2.45) is 16.7 Å². The number of ketones is 1. The molecule has 0 radical (unpaired) electrons. The van der Waals surface area contributed by atoms with E-state index in [1.807, 2.05) is 13.8 Å². The third-order valence-electron chi connectivity index (χ3n) is 5.77. The molecule has 0 aromatic carbocycles. The van der Waals surface area contributed by atoms with Gasteiger partial charge in [0.1, 0.15) is 0 Å². The molecule has 0 saturated heterocycles. The standard InChI is InChI=1S/C17H24O3/c1-6-10-11-12(13(18)9(2)17(10)7-8-17)15(20-5)16(3,4)14(11)19/h12-13,15,18H,2,6-8H2,1,3-5H3. The SMILES string of the molecule is C=C1C(O)C2C(=C(CC)C13CC3)C(=O)C(C)(C)C2OC. The second-order valence-corrected chi connectivity index (χ2v) is 7.03. The lowest BCUT2D eigenvalue weighted by molar-refractivity contribution is -0.126. The lowest BCUT2D eigenvalue weighted by Crippen LogP contribution is -2.41. The van der Waals surface area contributed by atoms with Crippen molar-refractivity contribution in [3.63, 3.8) is 0 Å². The highest BCUT2D eigenvalue weighted by Crippen LogP contribution is 2.66. The van der Waals surface area contributed by atoms with Gasteiger partial charge < -0.3 is 9.84 Å². The summed E-state index contributed by atoms with van der Waals surface area (Å²) in [6.07, 6.45) is 1.98. The molecule has 0 heterocycles. The number of Topliss-reactive ketones (excluding diaryl/α,β-unsaturated/α-hetero) is 1. The van der Waals surface area contributed by atoms with Crippen LogP contribution in [0.15, 0.2) is 23.3 Å². The monoisotopic (exact) mass is 276 g/mol. The van der Waals surface area contributed by atoms with Crippen LogP contribution < -0.4 is 0 Å². The minimum absolute atomic E-state index is 0.0889. The first-order valence-electron chi connectivity index (χ1n) is 7.51. The molecule has 3 unspecified atom stereocenters. The Morgan fingerprint density at radius 3 is 2.45 bits per heavy atom. The van der Waals surface area contributed by atoms with Gasteiger partial charge in [0.15, 0.2) is 5.78 Å². The number of rotatable bonds is 2. The molecular weight excluding hydrogens is 252 g/mol. The number of carbonyl (C=O) groups excluding carboxylic acids is 1. The van der Waals surface area contributed by atoms with Gasteiger partial charge in [-0.1, -0.05) is 32.9 Å². The summed E-state index contributed by atoms with van der Waals surface area (Å²) in [5.41, 5.74) is 2.30. The number of hydrogen-bond acceptors (Lipinski definition) is 3. The van der Waals surface area contributed by atoms with Gasteiger partial charge in [-0.05, 0) is 24.8 Å². The van der Waals surface area contributed by atoms with Crippen LogP contribution in [0.25, 0.3) is 0 Å². The van der Waals surface area contributed by atoms with Gasteiger partial charge in [0, 0.05) is 24.0 Å². The minimum atomic E-state index is -0.654. The van der Waals surface area contributed by atoms with Crippen LogP contribution >= 0.6 is 0 Å². The molecule has 2 fully saturated rings. The predicted octanol–water partition coefficient (Wildman–Crippen LogP) is 2.64. The maximum absolute atomic E-state index is 12.9. The Morgan fingerprint density at radius 2 is 2.00 bits per heavy atom. The summed E-state index contributed by atoms with van der Waals surface area (Å²) in [5, 5.41) is 10.7. The van der Waals surface area contributed by atoms with E-state index >= 15 is 0 Å². The van der Waals surface area contributed by atoms with Crippen LogP contribution in [-0.4, -0.2) is 30.2 Å². The van der Waals surface area contributed by atoms with Crippen molar-refractivity contribution in [2.45, 2.75) is 52.2 Å². The average molecular weight is 276 g/mol. The molecule has 1 spiro atoms. The Balaban J connectivity index is 2.24. The summed E-state index contributed by atoms with van der Waals surface area (Å²) in [7, 11) is 1.63. The number of allylic oxidation sites excluding steroid dienone is 1. The number of aliphatic hydroxyl groups excluding tert-OH is 1. The van der Waals surface area contributed by atoms with Crippen molar-refractivity contribution in [1.29, 1.82) is 0 Å². The highest BCUT2D eigenvalue weighted by atomic mass is 16.5. The molecule has 2 saturated carbocycles. The normalized spacial score (nSPS) is 37.5. The smallest absolute Gasteiger partial charge is 0.167 e. The van der Waals surface area contributed by atoms with Crippen LogP contribution in [0.2, 0.25) is 0 Å². The number of fused-ring (bicyclic) bond motifs is 1. The van der Waals surface area contributed by atoms with Crippen molar-refractivity contribution in [2.75, 3.05) is 7.11 Å². The summed E-state index contributed by atoms with van der Waals surface area (Å²) < 4.78 is 5.61. The Morgan fingerprint density at radius 1 is 1.40 bits per heavy atom. The molecule has 110 valence electrons. The van der Waals surface area contributed by atoms with Crippen molar-refractivity contribution in [1.82, 2.24) is 0 Å². The van der Waals surface area contributed by atoms with Gasteiger partial charge in [-0.3, -0.25) is 4.79 Å². The third kappa shape index (κ3) is 1.40. The van der Waals surface area contributed by atoms with E-state index in [4.69, 9.17) is 4.74 Å². The van der Waals surface area contributed by atoms with Crippen molar-refractivity contribution in [3.05, 3.63) is 23.3 Å². The number of methoxy groups -OCH3 is 1. The fourth-order valence-corrected chi connectivity index (χ4v) is 4.56.